The Morgan fingerprint density at radius 3 is 2.56 bits per heavy atom. The topological polar surface area (TPSA) is 110 Å². The summed E-state index contributed by atoms with van der Waals surface area (Å²) in [5, 5.41) is 2.60. The molecule has 10 heteroatoms. The van der Waals surface area contributed by atoms with Crippen LogP contribution in [-0.2, 0) is 24.7 Å². The molecular formula is C15H22N2O6S2. The van der Waals surface area contributed by atoms with E-state index in [1.807, 2.05) is 0 Å². The third-order valence-electron chi connectivity index (χ3n) is 3.87. The molecule has 0 unspecified atom stereocenters. The molecule has 1 fully saturated rings. The van der Waals surface area contributed by atoms with Gasteiger partial charge in [-0.3, -0.25) is 4.79 Å². The molecule has 1 aliphatic heterocycles. The molecule has 1 aromatic rings. The van der Waals surface area contributed by atoms with Crippen molar-refractivity contribution in [2.75, 3.05) is 37.5 Å². The second-order valence-electron chi connectivity index (χ2n) is 5.97. The van der Waals surface area contributed by atoms with Crippen LogP contribution in [0.25, 0.3) is 0 Å². The summed E-state index contributed by atoms with van der Waals surface area (Å²) in [4.78, 5) is 12.2. The van der Waals surface area contributed by atoms with Gasteiger partial charge in [-0.1, -0.05) is 0 Å². The summed E-state index contributed by atoms with van der Waals surface area (Å²) in [5.74, 6) is -1.05. The Hall–Kier alpha value is -1.65. The number of rotatable bonds is 6. The van der Waals surface area contributed by atoms with Crippen LogP contribution in [0.2, 0.25) is 0 Å². The van der Waals surface area contributed by atoms with E-state index in [0.717, 1.165) is 4.31 Å². The van der Waals surface area contributed by atoms with Crippen molar-refractivity contribution >= 4 is 31.5 Å². The number of nitrogens with one attached hydrogen (secondary N) is 1. The van der Waals surface area contributed by atoms with Crippen molar-refractivity contribution in [3.05, 3.63) is 18.2 Å². The van der Waals surface area contributed by atoms with Crippen LogP contribution in [0.15, 0.2) is 23.1 Å². The number of carbonyl (C=O) groups is 1. The normalized spacial score (nSPS) is 19.8. The van der Waals surface area contributed by atoms with Gasteiger partial charge in [0.2, 0.25) is 15.9 Å². The third-order valence-corrected chi connectivity index (χ3v) is 7.48. The van der Waals surface area contributed by atoms with Gasteiger partial charge in [-0.2, -0.15) is 0 Å². The first kappa shape index (κ1) is 19.7. The zero-order valence-electron chi connectivity index (χ0n) is 14.4. The Labute approximate surface area is 148 Å². The van der Waals surface area contributed by atoms with Gasteiger partial charge in [-0.15, -0.1) is 0 Å². The second kappa shape index (κ2) is 7.30. The molecule has 1 aromatic carbocycles. The monoisotopic (exact) mass is 390 g/mol. The summed E-state index contributed by atoms with van der Waals surface area (Å²) in [6.45, 7) is 2.03. The Morgan fingerprint density at radius 2 is 2.04 bits per heavy atom. The van der Waals surface area contributed by atoms with E-state index in [1.165, 1.54) is 32.3 Å². The lowest BCUT2D eigenvalue weighted by Gasteiger charge is -2.17. The number of anilines is 1. The van der Waals surface area contributed by atoms with Gasteiger partial charge in [0.1, 0.15) is 10.6 Å². The Balaban J connectivity index is 2.29. The predicted molar refractivity (Wildman–Crippen MR) is 93.9 cm³/mol. The minimum atomic E-state index is -3.76. The molecular weight excluding hydrogens is 368 g/mol. The zero-order chi connectivity index (χ0) is 18.8. The molecule has 1 N–H and O–H groups in total. The lowest BCUT2D eigenvalue weighted by atomic mass is 10.1. The van der Waals surface area contributed by atoms with Crippen molar-refractivity contribution in [2.45, 2.75) is 18.2 Å². The zero-order valence-corrected chi connectivity index (χ0v) is 16.0. The molecule has 0 aromatic heterocycles. The van der Waals surface area contributed by atoms with E-state index in [9.17, 15) is 21.6 Å². The fourth-order valence-corrected chi connectivity index (χ4v) is 5.30. The highest BCUT2D eigenvalue weighted by Gasteiger charge is 2.33. The standard InChI is InChI=1S/C15H22N2O6S2/c1-4-23-13-6-5-12(9-14(13)25(21,22)17(2)3)16-15(18)11-7-8-24(19,20)10-11/h5-6,9,11H,4,7-8,10H2,1-3H3,(H,16,18)/t11-/m1/s1. The van der Waals surface area contributed by atoms with Gasteiger partial charge < -0.3 is 10.1 Å². The van der Waals surface area contributed by atoms with Crippen LogP contribution in [0.5, 0.6) is 5.75 Å². The summed E-state index contributed by atoms with van der Waals surface area (Å²) in [6, 6.07) is 4.32. The number of hydrogen-bond acceptors (Lipinski definition) is 6. The molecule has 2 rings (SSSR count). The van der Waals surface area contributed by atoms with E-state index < -0.39 is 31.7 Å². The van der Waals surface area contributed by atoms with Crippen LogP contribution in [0.4, 0.5) is 5.69 Å². The van der Waals surface area contributed by atoms with E-state index in [0.29, 0.717) is 6.61 Å². The molecule has 0 radical (unpaired) electrons. The first-order valence-corrected chi connectivity index (χ1v) is 11.0. The van der Waals surface area contributed by atoms with E-state index in [2.05, 4.69) is 5.32 Å². The molecule has 0 aliphatic carbocycles. The average molecular weight is 390 g/mol. The number of carbonyl (C=O) groups excluding carboxylic acids is 1. The summed E-state index contributed by atoms with van der Waals surface area (Å²) in [6.07, 6.45) is 0.272. The van der Waals surface area contributed by atoms with Gasteiger partial charge in [-0.25, -0.2) is 21.1 Å². The Kier molecular flexibility index (Phi) is 5.75. The molecule has 1 aliphatic rings. The summed E-state index contributed by atoms with van der Waals surface area (Å²) in [7, 11) is -4.13. The number of nitrogens with zero attached hydrogens (tertiary/aromatic N) is 1. The third kappa shape index (κ3) is 4.50. The van der Waals surface area contributed by atoms with Crippen molar-refractivity contribution in [1.82, 2.24) is 4.31 Å². The SMILES string of the molecule is CCOc1ccc(NC(=O)[C@@H]2CCS(=O)(=O)C2)cc1S(=O)(=O)N(C)C. The van der Waals surface area contributed by atoms with E-state index in [1.54, 1.807) is 6.92 Å². The van der Waals surface area contributed by atoms with Gasteiger partial charge >= 0.3 is 0 Å². The van der Waals surface area contributed by atoms with Crippen molar-refractivity contribution in [1.29, 1.82) is 0 Å². The first-order valence-electron chi connectivity index (χ1n) is 7.77. The summed E-state index contributed by atoms with van der Waals surface area (Å²) >= 11 is 0. The first-order chi connectivity index (χ1) is 11.6. The largest absolute Gasteiger partial charge is 0.492 e. The molecule has 0 spiro atoms. The van der Waals surface area contributed by atoms with Crippen LogP contribution in [0, 0.1) is 5.92 Å². The Morgan fingerprint density at radius 1 is 1.36 bits per heavy atom. The van der Waals surface area contributed by atoms with Crippen molar-refractivity contribution in [3.8, 4) is 5.75 Å². The minimum Gasteiger partial charge on any atom is -0.492 e. The fourth-order valence-electron chi connectivity index (χ4n) is 2.50. The highest BCUT2D eigenvalue weighted by molar-refractivity contribution is 7.91. The van der Waals surface area contributed by atoms with Gasteiger partial charge in [0, 0.05) is 19.8 Å². The number of sulfone groups is 1. The number of ether oxygens (including phenoxy) is 1. The smallest absolute Gasteiger partial charge is 0.246 e. The highest BCUT2D eigenvalue weighted by Crippen LogP contribution is 2.30. The average Bonchev–Trinajstić information content (AvgIpc) is 2.89. The van der Waals surface area contributed by atoms with E-state index in [-0.39, 0.29) is 34.3 Å². The van der Waals surface area contributed by atoms with Crippen molar-refractivity contribution in [2.24, 2.45) is 5.92 Å². The molecule has 140 valence electrons. The molecule has 1 amide bonds. The van der Waals surface area contributed by atoms with Crippen molar-refractivity contribution in [3.63, 3.8) is 0 Å². The van der Waals surface area contributed by atoms with Gasteiger partial charge in [-0.05, 0) is 31.5 Å². The number of sulfonamides is 1. The van der Waals surface area contributed by atoms with Crippen LogP contribution < -0.4 is 10.1 Å². The van der Waals surface area contributed by atoms with Crippen LogP contribution in [-0.4, -0.2) is 59.3 Å². The molecule has 1 saturated heterocycles. The Bertz CT molecular complexity index is 862. The molecule has 0 saturated carbocycles. The van der Waals surface area contributed by atoms with E-state index in [4.69, 9.17) is 4.74 Å². The molecule has 25 heavy (non-hydrogen) atoms. The maximum atomic E-state index is 12.5. The predicted octanol–water partition coefficient (Wildman–Crippen LogP) is 0.709. The number of benzene rings is 1. The maximum Gasteiger partial charge on any atom is 0.246 e. The van der Waals surface area contributed by atoms with Gasteiger partial charge in [0.05, 0.1) is 24.0 Å². The minimum absolute atomic E-state index is 0.00533. The highest BCUT2D eigenvalue weighted by atomic mass is 32.2. The quantitative estimate of drug-likeness (QED) is 0.766. The fraction of sp³-hybridized carbons (Fsp3) is 0.533. The number of hydrogen-bond donors (Lipinski definition) is 1. The van der Waals surface area contributed by atoms with Crippen LogP contribution in [0.3, 0.4) is 0 Å². The lowest BCUT2D eigenvalue weighted by molar-refractivity contribution is -0.119. The molecule has 1 heterocycles. The molecule has 0 bridgehead atoms. The lowest BCUT2D eigenvalue weighted by Crippen LogP contribution is -2.25. The second-order valence-corrected chi connectivity index (χ2v) is 10.3. The summed E-state index contributed by atoms with van der Waals surface area (Å²) in [5.41, 5.74) is 0.276. The van der Waals surface area contributed by atoms with Gasteiger partial charge in [0.15, 0.2) is 9.84 Å². The van der Waals surface area contributed by atoms with Crippen LogP contribution >= 0.6 is 0 Å². The maximum absolute atomic E-state index is 12.5. The summed E-state index contributed by atoms with van der Waals surface area (Å²) < 4.78 is 54.3. The van der Waals surface area contributed by atoms with Gasteiger partial charge in [0.25, 0.3) is 0 Å². The van der Waals surface area contributed by atoms with E-state index >= 15 is 0 Å². The molecule has 8 nitrogen and oxygen atoms in total. The number of amides is 1. The molecule has 1 atom stereocenters. The van der Waals surface area contributed by atoms with Crippen molar-refractivity contribution < 1.29 is 26.4 Å². The van der Waals surface area contributed by atoms with Crippen LogP contribution in [0.1, 0.15) is 13.3 Å².